The fourth-order valence-corrected chi connectivity index (χ4v) is 9.21. The molecule has 1 aliphatic heterocycles. The molecule has 4 aliphatic carbocycles. The topological polar surface area (TPSA) is 70.1 Å². The molecule has 32 heavy (non-hydrogen) atoms. The first-order valence-corrected chi connectivity index (χ1v) is 13.2. The predicted octanol–water partition coefficient (Wildman–Crippen LogP) is 4.77. The van der Waals surface area contributed by atoms with Crippen molar-refractivity contribution < 1.29 is 19.7 Å². The number of hydrogen-bond acceptors (Lipinski definition) is 4. The smallest absolute Gasteiger partial charge is 0.144 e. The van der Waals surface area contributed by atoms with E-state index in [4.69, 9.17) is 4.74 Å². The lowest BCUT2D eigenvalue weighted by Gasteiger charge is -2.60. The fraction of sp³-hybridized carbons (Fsp3) is 0.893. The maximum atomic E-state index is 13.4. The largest absolute Gasteiger partial charge is 0.393 e. The fourth-order valence-electron chi connectivity index (χ4n) is 9.21. The summed E-state index contributed by atoms with van der Waals surface area (Å²) in [4.78, 5) is 13.4. The Balaban J connectivity index is 1.43. The van der Waals surface area contributed by atoms with Crippen LogP contribution in [0.5, 0.6) is 0 Å². The number of epoxide rings is 1. The molecule has 1 saturated heterocycles. The van der Waals surface area contributed by atoms with E-state index in [0.29, 0.717) is 41.9 Å². The first kappa shape index (κ1) is 23.1. The van der Waals surface area contributed by atoms with Crippen LogP contribution in [0.3, 0.4) is 0 Å². The van der Waals surface area contributed by atoms with Crippen LogP contribution >= 0.6 is 0 Å². The Hall–Kier alpha value is -0.710. The van der Waals surface area contributed by atoms with Crippen LogP contribution in [0.15, 0.2) is 12.2 Å². The molecule has 5 fully saturated rings. The Morgan fingerprint density at radius 2 is 1.78 bits per heavy atom. The standard InChI is InChI=1S/C28H44O4/c1-15(2)16(3)7-8-17(4)20-9-10-21-19-12-24-28(32-24)13-18(29)11-23(31)27(28,6)25(19)22(30)14-26(20,21)5/h7-8,15-22,24-25,29-30H,9-14H2,1-6H3/t16-,17+,18?,19-,20+,21-,22?,24?,25+,26+,27+,28?/m0/s1. The van der Waals surface area contributed by atoms with E-state index in [1.54, 1.807) is 0 Å². The molecular weight excluding hydrogens is 400 g/mol. The summed E-state index contributed by atoms with van der Waals surface area (Å²) in [5.74, 6) is 3.25. The zero-order valence-electron chi connectivity index (χ0n) is 20.9. The number of rotatable bonds is 4. The zero-order chi connectivity index (χ0) is 23.2. The molecule has 5 aliphatic rings. The minimum Gasteiger partial charge on any atom is -0.393 e. The average Bonchev–Trinajstić information content (AvgIpc) is 3.28. The summed E-state index contributed by atoms with van der Waals surface area (Å²) >= 11 is 0. The van der Waals surface area contributed by atoms with Gasteiger partial charge in [0.2, 0.25) is 0 Å². The summed E-state index contributed by atoms with van der Waals surface area (Å²) in [6, 6.07) is 0. The summed E-state index contributed by atoms with van der Waals surface area (Å²) < 4.78 is 6.29. The SMILES string of the molecule is CC(C)[C@@H](C)C=C[C@@H](C)[C@H]1CC[C@H]2[C@@H]3CC4OC45CC(O)CC(=O)[C@]5(C)[C@H]3C(O)C[C@]12C. The molecule has 180 valence electrons. The third-order valence-electron chi connectivity index (χ3n) is 11.3. The summed E-state index contributed by atoms with van der Waals surface area (Å²) in [7, 11) is 0. The van der Waals surface area contributed by atoms with Crippen molar-refractivity contribution in [3.8, 4) is 0 Å². The van der Waals surface area contributed by atoms with Crippen molar-refractivity contribution in [2.24, 2.45) is 52.3 Å². The molecule has 2 N–H and O–H groups in total. The van der Waals surface area contributed by atoms with Gasteiger partial charge in [-0.1, -0.05) is 46.8 Å². The molecule has 0 bridgehead atoms. The van der Waals surface area contributed by atoms with E-state index in [0.717, 1.165) is 12.8 Å². The van der Waals surface area contributed by atoms with Gasteiger partial charge in [0.1, 0.15) is 11.4 Å². The van der Waals surface area contributed by atoms with Gasteiger partial charge in [-0.05, 0) is 73.5 Å². The Kier molecular flexibility index (Phi) is 5.33. The molecule has 0 amide bonds. The molecule has 0 aromatic carbocycles. The van der Waals surface area contributed by atoms with E-state index >= 15 is 0 Å². The molecule has 1 spiro atoms. The van der Waals surface area contributed by atoms with E-state index in [2.05, 4.69) is 53.7 Å². The number of hydrogen-bond donors (Lipinski definition) is 2. The van der Waals surface area contributed by atoms with Crippen LogP contribution in [0.25, 0.3) is 0 Å². The highest BCUT2D eigenvalue weighted by Crippen LogP contribution is 2.73. The van der Waals surface area contributed by atoms with Crippen LogP contribution in [-0.4, -0.2) is 39.9 Å². The lowest BCUT2D eigenvalue weighted by atomic mass is 9.43. The second-order valence-corrected chi connectivity index (χ2v) is 13.0. The highest BCUT2D eigenvalue weighted by Gasteiger charge is 2.80. The van der Waals surface area contributed by atoms with Crippen molar-refractivity contribution in [3.05, 3.63) is 12.2 Å². The maximum Gasteiger partial charge on any atom is 0.144 e. The minimum absolute atomic E-state index is 0.0371. The summed E-state index contributed by atoms with van der Waals surface area (Å²) in [6.45, 7) is 13.7. The minimum atomic E-state index is -0.656. The number of fused-ring (bicyclic) bond motifs is 4. The number of Topliss-reactive ketones (excluding diaryl/α,β-unsaturated/α-hetero) is 1. The summed E-state index contributed by atoms with van der Waals surface area (Å²) in [5, 5.41) is 22.0. The molecule has 1 heterocycles. The summed E-state index contributed by atoms with van der Waals surface area (Å²) in [5.41, 5.74) is -1.08. The van der Waals surface area contributed by atoms with Crippen molar-refractivity contribution in [1.82, 2.24) is 0 Å². The first-order chi connectivity index (χ1) is 15.0. The molecule has 4 heteroatoms. The van der Waals surface area contributed by atoms with Crippen molar-refractivity contribution in [2.75, 3.05) is 0 Å². The molecule has 0 radical (unpaired) electrons. The number of carbonyl (C=O) groups excluding carboxylic acids is 1. The van der Waals surface area contributed by atoms with Gasteiger partial charge < -0.3 is 14.9 Å². The molecule has 4 nitrogen and oxygen atoms in total. The van der Waals surface area contributed by atoms with Gasteiger partial charge in [-0.15, -0.1) is 0 Å². The van der Waals surface area contributed by atoms with Gasteiger partial charge in [-0.25, -0.2) is 0 Å². The molecule has 5 rings (SSSR count). The predicted molar refractivity (Wildman–Crippen MR) is 125 cm³/mol. The van der Waals surface area contributed by atoms with Gasteiger partial charge in [-0.2, -0.15) is 0 Å². The number of ether oxygens (including phenoxy) is 1. The maximum absolute atomic E-state index is 13.4. The molecule has 12 atom stereocenters. The quantitative estimate of drug-likeness (QED) is 0.484. The van der Waals surface area contributed by atoms with Crippen molar-refractivity contribution >= 4 is 5.78 Å². The van der Waals surface area contributed by atoms with Gasteiger partial charge in [0.25, 0.3) is 0 Å². The zero-order valence-corrected chi connectivity index (χ0v) is 20.9. The van der Waals surface area contributed by atoms with Crippen LogP contribution in [0, 0.1) is 52.3 Å². The second-order valence-electron chi connectivity index (χ2n) is 13.0. The number of allylic oxidation sites excluding steroid dienone is 2. The monoisotopic (exact) mass is 444 g/mol. The molecule has 0 aromatic heterocycles. The van der Waals surface area contributed by atoms with Gasteiger partial charge in [-0.3, -0.25) is 4.79 Å². The normalized spacial score (nSPS) is 54.0. The van der Waals surface area contributed by atoms with Gasteiger partial charge >= 0.3 is 0 Å². The molecule has 0 aromatic rings. The van der Waals surface area contributed by atoms with Crippen LogP contribution in [0.1, 0.15) is 80.1 Å². The number of carbonyl (C=O) groups is 1. The average molecular weight is 445 g/mol. The van der Waals surface area contributed by atoms with Gasteiger partial charge in [0, 0.05) is 18.8 Å². The lowest BCUT2D eigenvalue weighted by Crippen LogP contribution is -2.66. The Morgan fingerprint density at radius 1 is 1.06 bits per heavy atom. The Bertz CT molecular complexity index is 805. The van der Waals surface area contributed by atoms with Crippen molar-refractivity contribution in [1.29, 1.82) is 0 Å². The van der Waals surface area contributed by atoms with Crippen LogP contribution in [0.2, 0.25) is 0 Å². The third-order valence-corrected chi connectivity index (χ3v) is 11.3. The van der Waals surface area contributed by atoms with Crippen LogP contribution < -0.4 is 0 Å². The van der Waals surface area contributed by atoms with Crippen molar-refractivity contribution in [2.45, 2.75) is 104 Å². The van der Waals surface area contributed by atoms with E-state index in [1.165, 1.54) is 12.8 Å². The molecule has 4 unspecified atom stereocenters. The number of aliphatic hydroxyl groups is 2. The van der Waals surface area contributed by atoms with E-state index < -0.39 is 23.2 Å². The number of ketones is 1. The summed E-state index contributed by atoms with van der Waals surface area (Å²) in [6.07, 6.45) is 8.73. The number of aliphatic hydroxyl groups excluding tert-OH is 2. The van der Waals surface area contributed by atoms with Crippen molar-refractivity contribution in [3.63, 3.8) is 0 Å². The molecule has 4 saturated carbocycles. The lowest BCUT2D eigenvalue weighted by molar-refractivity contribution is -0.179. The Morgan fingerprint density at radius 3 is 2.47 bits per heavy atom. The Labute approximate surface area is 194 Å². The van der Waals surface area contributed by atoms with Gasteiger partial charge in [0.15, 0.2) is 0 Å². The molecular formula is C28H44O4. The highest BCUT2D eigenvalue weighted by molar-refractivity contribution is 5.89. The highest BCUT2D eigenvalue weighted by atomic mass is 16.6. The van der Waals surface area contributed by atoms with Crippen LogP contribution in [0.4, 0.5) is 0 Å². The third kappa shape index (κ3) is 2.94. The van der Waals surface area contributed by atoms with E-state index in [9.17, 15) is 15.0 Å². The van der Waals surface area contributed by atoms with E-state index in [-0.39, 0.29) is 29.6 Å². The first-order valence-electron chi connectivity index (χ1n) is 13.2. The second kappa shape index (κ2) is 7.39. The van der Waals surface area contributed by atoms with E-state index in [1.807, 2.05) is 0 Å². The van der Waals surface area contributed by atoms with Gasteiger partial charge in [0.05, 0.1) is 23.7 Å². The van der Waals surface area contributed by atoms with Crippen LogP contribution in [-0.2, 0) is 9.53 Å².